The van der Waals surface area contributed by atoms with Gasteiger partial charge in [0.15, 0.2) is 0 Å². The van der Waals surface area contributed by atoms with Crippen molar-refractivity contribution in [1.82, 2.24) is 14.1 Å². The molecule has 1 aromatic carbocycles. The van der Waals surface area contributed by atoms with Crippen LogP contribution in [0.1, 0.15) is 42.5 Å². The molecule has 3 N–H and O–H groups in total. The second-order valence-electron chi connectivity index (χ2n) is 6.23. The summed E-state index contributed by atoms with van der Waals surface area (Å²) in [6.45, 7) is 0.676. The summed E-state index contributed by atoms with van der Waals surface area (Å²) in [4.78, 5) is 23.2. The van der Waals surface area contributed by atoms with E-state index < -0.39 is 0 Å². The van der Waals surface area contributed by atoms with E-state index >= 15 is 0 Å². The lowest BCUT2D eigenvalue weighted by atomic mass is 9.80. The number of amides is 2. The van der Waals surface area contributed by atoms with Gasteiger partial charge in [-0.15, -0.1) is 0 Å². The fraction of sp³-hybridized carbons (Fsp3) is 0.500. The van der Waals surface area contributed by atoms with E-state index in [2.05, 4.69) is 14.1 Å². The molecule has 0 saturated heterocycles. The van der Waals surface area contributed by atoms with Crippen molar-refractivity contribution in [3.8, 4) is 0 Å². The van der Waals surface area contributed by atoms with Crippen molar-refractivity contribution in [2.24, 2.45) is 17.6 Å². The lowest BCUT2D eigenvalue weighted by molar-refractivity contribution is -0.119. The van der Waals surface area contributed by atoms with Crippen molar-refractivity contribution < 1.29 is 9.59 Å². The number of fused-ring (bicyclic) bond motifs is 1. The van der Waals surface area contributed by atoms with E-state index in [-0.39, 0.29) is 11.8 Å². The second kappa shape index (κ2) is 7.04. The van der Waals surface area contributed by atoms with Gasteiger partial charge in [0.1, 0.15) is 11.0 Å². The number of benzene rings is 1. The van der Waals surface area contributed by atoms with Gasteiger partial charge in [0.05, 0.1) is 11.7 Å². The van der Waals surface area contributed by atoms with Crippen LogP contribution in [0.2, 0.25) is 0 Å². The first-order valence-corrected chi connectivity index (χ1v) is 8.63. The highest BCUT2D eigenvalue weighted by Gasteiger charge is 2.22. The first-order chi connectivity index (χ1) is 11.1. The lowest BCUT2D eigenvalue weighted by Crippen LogP contribution is -2.31. The van der Waals surface area contributed by atoms with Crippen molar-refractivity contribution in [3.05, 3.63) is 23.8 Å². The van der Waals surface area contributed by atoms with E-state index in [0.29, 0.717) is 30.4 Å². The number of nitrogens with two attached hydrogens (primary N) is 1. The van der Waals surface area contributed by atoms with E-state index in [1.807, 2.05) is 6.07 Å². The third kappa shape index (κ3) is 4.04. The van der Waals surface area contributed by atoms with Gasteiger partial charge >= 0.3 is 0 Å². The fourth-order valence-corrected chi connectivity index (χ4v) is 3.70. The molecule has 1 fully saturated rings. The summed E-state index contributed by atoms with van der Waals surface area (Å²) >= 11 is 1.15. The first kappa shape index (κ1) is 15.9. The summed E-state index contributed by atoms with van der Waals surface area (Å²) in [5.41, 5.74) is 7.44. The maximum atomic E-state index is 12.2. The summed E-state index contributed by atoms with van der Waals surface area (Å²) in [5.74, 6) is 0.611. The Kier molecular flexibility index (Phi) is 4.85. The zero-order valence-corrected chi connectivity index (χ0v) is 13.6. The van der Waals surface area contributed by atoms with Crippen molar-refractivity contribution >= 4 is 34.6 Å². The number of hydrogen-bond acceptors (Lipinski definition) is 5. The van der Waals surface area contributed by atoms with Crippen LogP contribution >= 0.6 is 11.7 Å². The van der Waals surface area contributed by atoms with Crippen LogP contribution in [0.3, 0.4) is 0 Å². The molecule has 3 rings (SSSR count). The number of hydrogen-bond donors (Lipinski definition) is 2. The number of aromatic nitrogens is 2. The summed E-state index contributed by atoms with van der Waals surface area (Å²) < 4.78 is 8.29. The SMILES string of the molecule is NC(=O)CC1CCC(CNC(=O)c2ccc3nsnc3c2)CC1. The largest absolute Gasteiger partial charge is 0.370 e. The van der Waals surface area contributed by atoms with Crippen molar-refractivity contribution in [2.75, 3.05) is 6.54 Å². The maximum absolute atomic E-state index is 12.2. The molecule has 0 aliphatic heterocycles. The molecule has 0 atom stereocenters. The van der Waals surface area contributed by atoms with Crippen LogP contribution in [-0.2, 0) is 4.79 Å². The highest BCUT2D eigenvalue weighted by Crippen LogP contribution is 2.30. The molecule has 0 unspecified atom stereocenters. The number of carbonyl (C=O) groups excluding carboxylic acids is 2. The number of rotatable bonds is 5. The Labute approximate surface area is 138 Å². The molecule has 7 heteroatoms. The van der Waals surface area contributed by atoms with Gasteiger partial charge in [0.2, 0.25) is 5.91 Å². The summed E-state index contributed by atoms with van der Waals surface area (Å²) in [6.07, 6.45) is 4.58. The smallest absolute Gasteiger partial charge is 0.251 e. The first-order valence-electron chi connectivity index (χ1n) is 7.90. The van der Waals surface area contributed by atoms with E-state index in [9.17, 15) is 9.59 Å². The Bertz CT molecular complexity index is 707. The minimum Gasteiger partial charge on any atom is -0.370 e. The quantitative estimate of drug-likeness (QED) is 0.876. The van der Waals surface area contributed by atoms with Crippen molar-refractivity contribution in [3.63, 3.8) is 0 Å². The van der Waals surface area contributed by atoms with E-state index in [1.165, 1.54) is 0 Å². The number of carbonyl (C=O) groups is 2. The zero-order chi connectivity index (χ0) is 16.2. The summed E-state index contributed by atoms with van der Waals surface area (Å²) in [6, 6.07) is 5.38. The van der Waals surface area contributed by atoms with Crippen LogP contribution in [0.4, 0.5) is 0 Å². The van der Waals surface area contributed by atoms with E-state index in [4.69, 9.17) is 5.73 Å². The van der Waals surface area contributed by atoms with Crippen LogP contribution in [-0.4, -0.2) is 27.1 Å². The maximum Gasteiger partial charge on any atom is 0.251 e. The van der Waals surface area contributed by atoms with Gasteiger partial charge in [-0.25, -0.2) is 0 Å². The molecule has 1 aliphatic carbocycles. The Balaban J connectivity index is 1.48. The van der Waals surface area contributed by atoms with Crippen LogP contribution in [0.25, 0.3) is 11.0 Å². The predicted octanol–water partition coefficient (Wildman–Crippen LogP) is 2.10. The molecule has 122 valence electrons. The summed E-state index contributed by atoms with van der Waals surface area (Å²) in [5, 5.41) is 3.01. The van der Waals surface area contributed by atoms with Crippen LogP contribution in [0.15, 0.2) is 18.2 Å². The molecular weight excluding hydrogens is 312 g/mol. The van der Waals surface area contributed by atoms with Crippen LogP contribution in [0.5, 0.6) is 0 Å². The molecule has 2 amide bonds. The van der Waals surface area contributed by atoms with Gasteiger partial charge in [-0.05, 0) is 55.7 Å². The standard InChI is InChI=1S/C16H20N4O2S/c17-15(21)7-10-1-3-11(4-2-10)9-18-16(22)12-5-6-13-14(8-12)20-23-19-13/h5-6,8,10-11H,1-4,7,9H2,(H2,17,21)(H,18,22). The predicted molar refractivity (Wildman–Crippen MR) is 89.0 cm³/mol. The highest BCUT2D eigenvalue weighted by atomic mass is 32.1. The van der Waals surface area contributed by atoms with Gasteiger partial charge in [0, 0.05) is 18.5 Å². The molecule has 0 bridgehead atoms. The van der Waals surface area contributed by atoms with Crippen molar-refractivity contribution in [2.45, 2.75) is 32.1 Å². The Morgan fingerprint density at radius 1 is 1.13 bits per heavy atom. The second-order valence-corrected chi connectivity index (χ2v) is 6.76. The zero-order valence-electron chi connectivity index (χ0n) is 12.8. The molecule has 1 heterocycles. The molecule has 1 saturated carbocycles. The monoisotopic (exact) mass is 332 g/mol. The Hall–Kier alpha value is -2.02. The minimum atomic E-state index is -0.214. The van der Waals surface area contributed by atoms with Gasteiger partial charge < -0.3 is 11.1 Å². The third-order valence-corrected chi connectivity index (χ3v) is 5.08. The van der Waals surface area contributed by atoms with Crippen LogP contribution < -0.4 is 11.1 Å². The minimum absolute atomic E-state index is 0.0702. The lowest BCUT2D eigenvalue weighted by Gasteiger charge is -2.27. The topological polar surface area (TPSA) is 98.0 Å². The van der Waals surface area contributed by atoms with Gasteiger partial charge in [-0.1, -0.05) is 0 Å². The molecule has 2 aromatic rings. The third-order valence-electron chi connectivity index (χ3n) is 4.52. The Morgan fingerprint density at radius 3 is 2.57 bits per heavy atom. The van der Waals surface area contributed by atoms with Crippen molar-refractivity contribution in [1.29, 1.82) is 0 Å². The molecule has 0 spiro atoms. The van der Waals surface area contributed by atoms with Gasteiger partial charge in [-0.3, -0.25) is 9.59 Å². The fourth-order valence-electron chi connectivity index (χ4n) is 3.19. The molecular formula is C16H20N4O2S. The molecule has 0 radical (unpaired) electrons. The molecule has 6 nitrogen and oxygen atoms in total. The Morgan fingerprint density at radius 2 is 1.83 bits per heavy atom. The number of nitrogens with zero attached hydrogens (tertiary/aromatic N) is 2. The molecule has 23 heavy (non-hydrogen) atoms. The van der Waals surface area contributed by atoms with Gasteiger partial charge in [-0.2, -0.15) is 8.75 Å². The normalized spacial score (nSPS) is 21.2. The molecule has 1 aromatic heterocycles. The van der Waals surface area contributed by atoms with E-state index in [0.717, 1.165) is 48.4 Å². The van der Waals surface area contributed by atoms with Gasteiger partial charge in [0.25, 0.3) is 5.91 Å². The molecule has 1 aliphatic rings. The van der Waals surface area contributed by atoms with E-state index in [1.54, 1.807) is 12.1 Å². The number of nitrogens with one attached hydrogen (secondary N) is 1. The highest BCUT2D eigenvalue weighted by molar-refractivity contribution is 7.00. The van der Waals surface area contributed by atoms with Crippen LogP contribution in [0, 0.1) is 11.8 Å². The average Bonchev–Trinajstić information content (AvgIpc) is 3.01. The summed E-state index contributed by atoms with van der Waals surface area (Å²) in [7, 11) is 0. The number of primary amides is 1. The average molecular weight is 332 g/mol.